The van der Waals surface area contributed by atoms with Gasteiger partial charge in [-0.15, -0.1) is 15.0 Å². The van der Waals surface area contributed by atoms with Gasteiger partial charge in [0.05, 0.1) is 33.0 Å². The minimum absolute atomic E-state index is 0.00548. The lowest BCUT2D eigenvalue weighted by molar-refractivity contribution is -0.758. The molecule has 0 rings (SSSR count). The maximum atomic E-state index is 11.3. The second-order valence-corrected chi connectivity index (χ2v) is 5.92. The molecule has 0 spiro atoms. The molecule has 0 saturated heterocycles. The van der Waals surface area contributed by atoms with E-state index in [4.69, 9.17) is 24.1 Å². The highest BCUT2D eigenvalue weighted by Crippen LogP contribution is 2.00. The van der Waals surface area contributed by atoms with Crippen LogP contribution in [0.2, 0.25) is 0 Å². The van der Waals surface area contributed by atoms with Crippen molar-refractivity contribution in [2.45, 2.75) is 25.3 Å². The highest BCUT2D eigenvalue weighted by Gasteiger charge is 2.15. The van der Waals surface area contributed by atoms with Crippen LogP contribution in [0.15, 0.2) is 5.34 Å². The molecule has 198 valence electrons. The molecule has 3 N–H and O–H groups in total. The first-order valence-electron chi connectivity index (χ1n) is 10.1. The Kier molecular flexibility index (Phi) is 25.1. The van der Waals surface area contributed by atoms with Crippen molar-refractivity contribution in [3.63, 3.8) is 0 Å². The van der Waals surface area contributed by atoms with Crippen LogP contribution < -0.4 is 10.6 Å². The van der Waals surface area contributed by atoms with Gasteiger partial charge in [0, 0.05) is 13.7 Å². The molecule has 0 saturated carbocycles. The van der Waals surface area contributed by atoms with Gasteiger partial charge in [-0.3, -0.25) is 4.79 Å². The number of carboxylic acids is 1. The molecule has 1 unspecified atom stereocenters. The van der Waals surface area contributed by atoms with E-state index in [1.807, 2.05) is 0 Å². The summed E-state index contributed by atoms with van der Waals surface area (Å²) in [4.78, 5) is 59.5. The largest absolute Gasteiger partial charge is 0.480 e. The Balaban J connectivity index is 0. The molecule has 1 atom stereocenters. The highest BCUT2D eigenvalue weighted by atomic mass is 17.0. The van der Waals surface area contributed by atoms with E-state index in [9.17, 15) is 29.4 Å². The zero-order valence-corrected chi connectivity index (χ0v) is 18.9. The van der Waals surface area contributed by atoms with Crippen molar-refractivity contribution in [2.75, 3.05) is 66.5 Å². The van der Waals surface area contributed by atoms with Crippen LogP contribution in [0.25, 0.3) is 0 Å². The SMILES string of the molecule is COCCOCCON=O.O=CNC(CCCCNC(=O)OCCOCCO[N+](=O)[O-])C(=O)O. The molecule has 0 aliphatic carbocycles. The van der Waals surface area contributed by atoms with Gasteiger partial charge in [0.1, 0.15) is 25.9 Å². The molecular formula is C17H32N4O13. The summed E-state index contributed by atoms with van der Waals surface area (Å²) in [5.74, 6) is -1.11. The third-order valence-corrected chi connectivity index (χ3v) is 3.44. The number of unbranched alkanes of at least 4 members (excludes halogenated alkanes) is 1. The normalized spacial score (nSPS) is 10.6. The van der Waals surface area contributed by atoms with Crippen LogP contribution in [0.3, 0.4) is 0 Å². The fourth-order valence-electron chi connectivity index (χ4n) is 1.92. The average molecular weight is 500 g/mol. The monoisotopic (exact) mass is 500 g/mol. The molecule has 0 aliphatic heterocycles. The maximum absolute atomic E-state index is 11.3. The number of hydrogen-bond donors (Lipinski definition) is 3. The lowest BCUT2D eigenvalue weighted by atomic mass is 10.1. The van der Waals surface area contributed by atoms with Crippen molar-refractivity contribution in [2.24, 2.45) is 5.34 Å². The van der Waals surface area contributed by atoms with Gasteiger partial charge in [-0.05, 0) is 19.3 Å². The molecule has 0 radical (unpaired) electrons. The van der Waals surface area contributed by atoms with Gasteiger partial charge >= 0.3 is 12.1 Å². The zero-order valence-electron chi connectivity index (χ0n) is 18.9. The van der Waals surface area contributed by atoms with Crippen LogP contribution in [0.4, 0.5) is 4.79 Å². The van der Waals surface area contributed by atoms with Gasteiger partial charge in [-0.1, -0.05) is 0 Å². The van der Waals surface area contributed by atoms with E-state index in [1.165, 1.54) is 0 Å². The number of carboxylic acid groups (broad SMARTS) is 1. The number of hydrogen-bond acceptors (Lipinski definition) is 13. The van der Waals surface area contributed by atoms with E-state index in [0.717, 1.165) is 0 Å². The van der Waals surface area contributed by atoms with Gasteiger partial charge in [-0.25, -0.2) is 9.59 Å². The second-order valence-electron chi connectivity index (χ2n) is 5.92. The third-order valence-electron chi connectivity index (χ3n) is 3.44. The summed E-state index contributed by atoms with van der Waals surface area (Å²) in [7, 11) is 1.59. The van der Waals surface area contributed by atoms with Crippen molar-refractivity contribution < 1.29 is 53.2 Å². The predicted octanol–water partition coefficient (Wildman–Crippen LogP) is -0.346. The summed E-state index contributed by atoms with van der Waals surface area (Å²) in [5, 5.41) is 24.5. The fourth-order valence-corrected chi connectivity index (χ4v) is 1.92. The minimum atomic E-state index is -1.11. The standard InChI is InChI=1S/C12H21N3O9.C5H11NO4/c16-9-14-10(11(17)18)3-1-2-4-13-12(19)23-7-5-22-6-8-24-15(20)21;1-8-2-3-9-4-5-10-6-7/h9-10H,1-8H2,(H,13,19)(H,14,16)(H,17,18);2-5H2,1H3. The molecule has 34 heavy (non-hydrogen) atoms. The number of methoxy groups -OCH3 is 1. The Morgan fingerprint density at radius 3 is 2.29 bits per heavy atom. The van der Waals surface area contributed by atoms with E-state index in [-0.39, 0.29) is 39.5 Å². The van der Waals surface area contributed by atoms with Crippen LogP contribution in [0, 0.1) is 15.0 Å². The van der Waals surface area contributed by atoms with Crippen LogP contribution in [0.1, 0.15) is 19.3 Å². The summed E-state index contributed by atoms with van der Waals surface area (Å²) < 4.78 is 19.3. The molecule has 2 amide bonds. The summed E-state index contributed by atoms with van der Waals surface area (Å²) in [6.45, 7) is 1.79. The van der Waals surface area contributed by atoms with Gasteiger partial charge in [0.15, 0.2) is 5.34 Å². The number of aliphatic carboxylic acids is 1. The zero-order chi connectivity index (χ0) is 25.9. The predicted molar refractivity (Wildman–Crippen MR) is 112 cm³/mol. The maximum Gasteiger partial charge on any atom is 0.407 e. The van der Waals surface area contributed by atoms with E-state index < -0.39 is 23.2 Å². The Labute approximate surface area is 195 Å². The Bertz CT molecular complexity index is 554. The van der Waals surface area contributed by atoms with Crippen molar-refractivity contribution in [3.05, 3.63) is 15.0 Å². The topological polar surface area (TPSA) is 223 Å². The van der Waals surface area contributed by atoms with Gasteiger partial charge in [0.25, 0.3) is 5.09 Å². The number of rotatable bonds is 22. The number of nitrogens with zero attached hydrogens (tertiary/aromatic N) is 2. The number of carbonyl (C=O) groups is 3. The average Bonchev–Trinajstić information content (AvgIpc) is 2.80. The van der Waals surface area contributed by atoms with Gasteiger partial charge in [0.2, 0.25) is 6.41 Å². The van der Waals surface area contributed by atoms with E-state index in [2.05, 4.69) is 25.6 Å². The first-order chi connectivity index (χ1) is 16.4. The lowest BCUT2D eigenvalue weighted by Crippen LogP contribution is -2.35. The van der Waals surface area contributed by atoms with Gasteiger partial charge in [-0.2, -0.15) is 0 Å². The summed E-state index contributed by atoms with van der Waals surface area (Å²) in [6, 6.07) is -0.939. The molecule has 0 bridgehead atoms. The van der Waals surface area contributed by atoms with Crippen LogP contribution >= 0.6 is 0 Å². The van der Waals surface area contributed by atoms with E-state index >= 15 is 0 Å². The first kappa shape index (κ1) is 32.9. The quantitative estimate of drug-likeness (QED) is 0.0569. The summed E-state index contributed by atoms with van der Waals surface area (Å²) in [6.07, 6.45) is 0.956. The van der Waals surface area contributed by atoms with Crippen molar-refractivity contribution in [1.82, 2.24) is 10.6 Å². The minimum Gasteiger partial charge on any atom is -0.480 e. The molecule has 17 nitrogen and oxygen atoms in total. The molecule has 0 heterocycles. The van der Waals surface area contributed by atoms with Crippen molar-refractivity contribution >= 4 is 18.5 Å². The Hall–Kier alpha value is -3.31. The molecule has 0 aromatic carbocycles. The summed E-state index contributed by atoms with van der Waals surface area (Å²) >= 11 is 0. The first-order valence-corrected chi connectivity index (χ1v) is 10.1. The number of carbonyl (C=O) groups excluding carboxylic acids is 2. The molecule has 17 heteroatoms. The van der Waals surface area contributed by atoms with E-state index in [0.29, 0.717) is 45.6 Å². The molecule has 0 aliphatic rings. The Morgan fingerprint density at radius 1 is 1.06 bits per heavy atom. The fraction of sp³-hybridized carbons (Fsp3) is 0.824. The number of amides is 2. The molecular weight excluding hydrogens is 468 g/mol. The highest BCUT2D eigenvalue weighted by molar-refractivity contribution is 5.76. The second kappa shape index (κ2) is 25.9. The van der Waals surface area contributed by atoms with Crippen molar-refractivity contribution in [1.29, 1.82) is 0 Å². The van der Waals surface area contributed by atoms with Crippen LogP contribution in [-0.2, 0) is 38.2 Å². The van der Waals surface area contributed by atoms with Crippen molar-refractivity contribution in [3.8, 4) is 0 Å². The van der Waals surface area contributed by atoms with Crippen LogP contribution in [-0.4, -0.2) is 101 Å². The van der Waals surface area contributed by atoms with Gasteiger partial charge < -0.3 is 44.4 Å². The smallest absolute Gasteiger partial charge is 0.407 e. The molecule has 0 aromatic heterocycles. The number of alkyl carbamates (subject to hydrolysis) is 1. The number of ether oxygens (including phenoxy) is 4. The van der Waals surface area contributed by atoms with Crippen LogP contribution in [0.5, 0.6) is 0 Å². The number of nitrogens with one attached hydrogen (secondary N) is 2. The lowest BCUT2D eigenvalue weighted by Gasteiger charge is -2.11. The van der Waals surface area contributed by atoms with E-state index in [1.54, 1.807) is 7.11 Å². The third kappa shape index (κ3) is 26.7. The summed E-state index contributed by atoms with van der Waals surface area (Å²) in [5.41, 5.74) is 0. The molecule has 0 fully saturated rings. The Morgan fingerprint density at radius 2 is 1.71 bits per heavy atom. The molecule has 0 aromatic rings.